The lowest BCUT2D eigenvalue weighted by molar-refractivity contribution is 0.0910. The van der Waals surface area contributed by atoms with Crippen LogP contribution in [0.4, 0.5) is 0 Å². The zero-order valence-corrected chi connectivity index (χ0v) is 16.3. The summed E-state index contributed by atoms with van der Waals surface area (Å²) in [6.07, 6.45) is 0.274. The van der Waals surface area contributed by atoms with Crippen LogP contribution < -0.4 is 4.74 Å². The van der Waals surface area contributed by atoms with Crippen molar-refractivity contribution >= 4 is 40.1 Å². The van der Waals surface area contributed by atoms with Gasteiger partial charge in [0.05, 0.1) is 22.5 Å². The zero-order valence-electron chi connectivity index (χ0n) is 14.8. The molecule has 0 amide bonds. The van der Waals surface area contributed by atoms with Crippen LogP contribution in [0.15, 0.2) is 72.8 Å². The molecule has 0 spiro atoms. The molecule has 0 fully saturated rings. The summed E-state index contributed by atoms with van der Waals surface area (Å²) in [5, 5.41) is 0.938. The minimum Gasteiger partial charge on any atom is -0.484 e. The zero-order chi connectivity index (χ0) is 19.5. The standard InChI is InChI=1S/C22H16Cl2N2O2/c23-16-10-11-20(17(24)13-16)28-14-21-25-18-8-4-5-9-19(18)26(21)22(27)12-15-6-2-1-3-7-15/h1-11,13H,12,14H2. The van der Waals surface area contributed by atoms with Gasteiger partial charge in [0.2, 0.25) is 5.91 Å². The van der Waals surface area contributed by atoms with Crippen molar-refractivity contribution in [3.05, 3.63) is 94.2 Å². The summed E-state index contributed by atoms with van der Waals surface area (Å²) in [5.41, 5.74) is 2.44. The number of halogens is 2. The summed E-state index contributed by atoms with van der Waals surface area (Å²) < 4.78 is 7.44. The molecule has 0 aliphatic rings. The van der Waals surface area contributed by atoms with Crippen molar-refractivity contribution < 1.29 is 9.53 Å². The van der Waals surface area contributed by atoms with E-state index in [1.807, 2.05) is 54.6 Å². The summed E-state index contributed by atoms with van der Waals surface area (Å²) in [6, 6.07) is 22.2. The Kier molecular flexibility index (Phi) is 5.33. The second kappa shape index (κ2) is 8.05. The fourth-order valence-electron chi connectivity index (χ4n) is 3.04. The number of carbonyl (C=O) groups excluding carboxylic acids is 1. The molecule has 1 heterocycles. The van der Waals surface area contributed by atoms with Crippen molar-refractivity contribution in [3.63, 3.8) is 0 Å². The topological polar surface area (TPSA) is 44.1 Å². The van der Waals surface area contributed by atoms with E-state index in [9.17, 15) is 4.79 Å². The molecular weight excluding hydrogens is 395 g/mol. The van der Waals surface area contributed by atoms with Crippen LogP contribution in [0.25, 0.3) is 11.0 Å². The van der Waals surface area contributed by atoms with Gasteiger partial charge in [-0.05, 0) is 35.9 Å². The average molecular weight is 411 g/mol. The number of para-hydroxylation sites is 2. The molecule has 4 rings (SSSR count). The predicted octanol–water partition coefficient (Wildman–Crippen LogP) is 5.81. The smallest absolute Gasteiger partial charge is 0.237 e. The van der Waals surface area contributed by atoms with E-state index >= 15 is 0 Å². The van der Waals surface area contributed by atoms with Crippen LogP contribution in [-0.2, 0) is 13.0 Å². The Morgan fingerprint density at radius 2 is 1.71 bits per heavy atom. The van der Waals surface area contributed by atoms with Crippen LogP contribution in [0, 0.1) is 0 Å². The second-order valence-corrected chi connectivity index (χ2v) is 7.12. The number of fused-ring (bicyclic) bond motifs is 1. The molecule has 0 atom stereocenters. The van der Waals surface area contributed by atoms with Crippen LogP contribution in [0.2, 0.25) is 10.0 Å². The SMILES string of the molecule is O=C(Cc1ccccc1)n1c(COc2ccc(Cl)cc2Cl)nc2ccccc21. The highest BCUT2D eigenvalue weighted by Gasteiger charge is 2.18. The third-order valence-electron chi connectivity index (χ3n) is 4.33. The van der Waals surface area contributed by atoms with Gasteiger partial charge >= 0.3 is 0 Å². The first-order chi connectivity index (χ1) is 13.6. The van der Waals surface area contributed by atoms with Gasteiger partial charge in [-0.15, -0.1) is 0 Å². The molecule has 28 heavy (non-hydrogen) atoms. The highest BCUT2D eigenvalue weighted by molar-refractivity contribution is 6.35. The number of hydrogen-bond acceptors (Lipinski definition) is 3. The minimum atomic E-state index is -0.0688. The maximum Gasteiger partial charge on any atom is 0.237 e. The van der Waals surface area contributed by atoms with E-state index in [4.69, 9.17) is 27.9 Å². The highest BCUT2D eigenvalue weighted by Crippen LogP contribution is 2.28. The number of benzene rings is 3. The molecule has 0 radical (unpaired) electrons. The quantitative estimate of drug-likeness (QED) is 0.417. The first-order valence-electron chi connectivity index (χ1n) is 8.73. The van der Waals surface area contributed by atoms with Crippen molar-refractivity contribution in [1.82, 2.24) is 9.55 Å². The fourth-order valence-corrected chi connectivity index (χ4v) is 3.50. The number of rotatable bonds is 5. The molecular formula is C22H16Cl2N2O2. The molecule has 0 unspecified atom stereocenters. The van der Waals surface area contributed by atoms with E-state index < -0.39 is 0 Å². The largest absolute Gasteiger partial charge is 0.484 e. The molecule has 0 N–H and O–H groups in total. The molecule has 3 aromatic carbocycles. The maximum atomic E-state index is 13.1. The normalized spacial score (nSPS) is 10.9. The van der Waals surface area contributed by atoms with Gasteiger partial charge in [-0.3, -0.25) is 9.36 Å². The first kappa shape index (κ1) is 18.5. The monoisotopic (exact) mass is 410 g/mol. The van der Waals surface area contributed by atoms with Crippen molar-refractivity contribution in [2.75, 3.05) is 0 Å². The van der Waals surface area contributed by atoms with Gasteiger partial charge in [0.1, 0.15) is 12.4 Å². The Morgan fingerprint density at radius 1 is 0.964 bits per heavy atom. The summed E-state index contributed by atoms with van der Waals surface area (Å²) in [4.78, 5) is 17.6. The average Bonchev–Trinajstić information content (AvgIpc) is 3.06. The van der Waals surface area contributed by atoms with Crippen LogP contribution >= 0.6 is 23.2 Å². The third kappa shape index (κ3) is 3.88. The van der Waals surface area contributed by atoms with Crippen molar-refractivity contribution in [2.24, 2.45) is 0 Å². The Bertz CT molecular complexity index is 1140. The van der Waals surface area contributed by atoms with E-state index in [-0.39, 0.29) is 18.9 Å². The Hall–Kier alpha value is -2.82. The Balaban J connectivity index is 1.66. The van der Waals surface area contributed by atoms with Crippen molar-refractivity contribution in [1.29, 1.82) is 0 Å². The number of carbonyl (C=O) groups is 1. The minimum absolute atomic E-state index is 0.0688. The number of imidazole rings is 1. The lowest BCUT2D eigenvalue weighted by Gasteiger charge is -2.11. The molecule has 0 saturated carbocycles. The summed E-state index contributed by atoms with van der Waals surface area (Å²) in [7, 11) is 0. The predicted molar refractivity (Wildman–Crippen MR) is 111 cm³/mol. The molecule has 6 heteroatoms. The van der Waals surface area contributed by atoms with Gasteiger partial charge in [0.15, 0.2) is 5.82 Å². The van der Waals surface area contributed by atoms with Gasteiger partial charge in [0.25, 0.3) is 0 Å². The van der Waals surface area contributed by atoms with E-state index in [2.05, 4.69) is 4.98 Å². The molecule has 0 aliphatic heterocycles. The van der Waals surface area contributed by atoms with Crippen LogP contribution in [0.5, 0.6) is 5.75 Å². The number of nitrogens with zero attached hydrogens (tertiary/aromatic N) is 2. The molecule has 0 aliphatic carbocycles. The van der Waals surface area contributed by atoms with E-state index in [0.29, 0.717) is 21.6 Å². The van der Waals surface area contributed by atoms with Gasteiger partial charge in [-0.1, -0.05) is 65.7 Å². The molecule has 0 bridgehead atoms. The molecule has 4 nitrogen and oxygen atoms in total. The second-order valence-electron chi connectivity index (χ2n) is 6.27. The van der Waals surface area contributed by atoms with Crippen LogP contribution in [-0.4, -0.2) is 15.5 Å². The maximum absolute atomic E-state index is 13.1. The summed E-state index contributed by atoms with van der Waals surface area (Å²) in [6.45, 7) is 0.108. The van der Waals surface area contributed by atoms with Gasteiger partial charge in [0, 0.05) is 5.02 Å². The summed E-state index contributed by atoms with van der Waals surface area (Å²) in [5.74, 6) is 0.939. The van der Waals surface area contributed by atoms with E-state index in [1.165, 1.54) is 0 Å². The van der Waals surface area contributed by atoms with Gasteiger partial charge in [-0.25, -0.2) is 4.98 Å². The number of ether oxygens (including phenoxy) is 1. The number of aromatic nitrogens is 2. The van der Waals surface area contributed by atoms with E-state index in [0.717, 1.165) is 16.6 Å². The first-order valence-corrected chi connectivity index (χ1v) is 9.49. The van der Waals surface area contributed by atoms with Crippen molar-refractivity contribution in [2.45, 2.75) is 13.0 Å². The van der Waals surface area contributed by atoms with Crippen molar-refractivity contribution in [3.8, 4) is 5.75 Å². The molecule has 1 aromatic heterocycles. The van der Waals surface area contributed by atoms with Crippen LogP contribution in [0.3, 0.4) is 0 Å². The number of hydrogen-bond donors (Lipinski definition) is 0. The molecule has 140 valence electrons. The summed E-state index contributed by atoms with van der Waals surface area (Å²) >= 11 is 12.1. The molecule has 4 aromatic rings. The Morgan fingerprint density at radius 3 is 2.50 bits per heavy atom. The van der Waals surface area contributed by atoms with Gasteiger partial charge < -0.3 is 4.74 Å². The lowest BCUT2D eigenvalue weighted by Crippen LogP contribution is -2.18. The third-order valence-corrected chi connectivity index (χ3v) is 4.86. The van der Waals surface area contributed by atoms with Gasteiger partial charge in [-0.2, -0.15) is 0 Å². The highest BCUT2D eigenvalue weighted by atomic mass is 35.5. The Labute approximate surface area is 172 Å². The molecule has 0 saturated heterocycles. The van der Waals surface area contributed by atoms with E-state index in [1.54, 1.807) is 22.8 Å². The van der Waals surface area contributed by atoms with Crippen LogP contribution in [0.1, 0.15) is 16.2 Å². The fraction of sp³-hybridized carbons (Fsp3) is 0.0909. The lowest BCUT2D eigenvalue weighted by atomic mass is 10.1.